The molecule has 23 heavy (non-hydrogen) atoms. The molecular weight excluding hydrogens is 290 g/mol. The number of hydrogen-bond donors (Lipinski definition) is 1. The minimum atomic E-state index is -0.198. The second kappa shape index (κ2) is 6.83. The molecule has 0 aliphatic rings. The first-order valence-electron chi connectivity index (χ1n) is 7.39. The molecule has 4 heteroatoms. The topological polar surface area (TPSA) is 51.5 Å². The van der Waals surface area contributed by atoms with Gasteiger partial charge in [0, 0.05) is 5.56 Å². The zero-order valence-corrected chi connectivity index (χ0v) is 12.7. The molecule has 116 valence electrons. The maximum absolute atomic E-state index is 12.3. The molecule has 1 heterocycles. The number of nitrogens with one attached hydrogen (secondary N) is 1. The average Bonchev–Trinajstić information content (AvgIpc) is 3.10. The van der Waals surface area contributed by atoms with E-state index in [0.717, 1.165) is 11.5 Å². The van der Waals surface area contributed by atoms with Gasteiger partial charge in [-0.3, -0.25) is 4.79 Å². The third-order valence-corrected chi connectivity index (χ3v) is 3.39. The Morgan fingerprint density at radius 2 is 1.78 bits per heavy atom. The lowest BCUT2D eigenvalue weighted by molar-refractivity contribution is 0.0935. The molecule has 0 spiro atoms. The summed E-state index contributed by atoms with van der Waals surface area (Å²) in [5.41, 5.74) is 0.539. The summed E-state index contributed by atoms with van der Waals surface area (Å²) in [6.07, 6.45) is 1.59. The number of furan rings is 1. The van der Waals surface area contributed by atoms with Crippen molar-refractivity contribution in [3.8, 4) is 11.5 Å². The Balaban J connectivity index is 1.70. The quantitative estimate of drug-likeness (QED) is 0.751. The van der Waals surface area contributed by atoms with E-state index in [2.05, 4.69) is 5.32 Å². The van der Waals surface area contributed by atoms with Gasteiger partial charge >= 0.3 is 0 Å². The summed E-state index contributed by atoms with van der Waals surface area (Å²) in [6.45, 7) is 1.88. The highest BCUT2D eigenvalue weighted by Crippen LogP contribution is 2.22. The van der Waals surface area contributed by atoms with Crippen LogP contribution in [0.4, 0.5) is 0 Å². The van der Waals surface area contributed by atoms with Crippen molar-refractivity contribution >= 4 is 5.91 Å². The fourth-order valence-electron chi connectivity index (χ4n) is 2.21. The summed E-state index contributed by atoms with van der Waals surface area (Å²) < 4.78 is 11.0. The molecule has 1 atom stereocenters. The van der Waals surface area contributed by atoms with Crippen LogP contribution in [0.15, 0.2) is 77.4 Å². The summed E-state index contributed by atoms with van der Waals surface area (Å²) >= 11 is 0. The zero-order chi connectivity index (χ0) is 16.1. The van der Waals surface area contributed by atoms with Crippen LogP contribution in [0.1, 0.15) is 29.1 Å². The molecule has 4 nitrogen and oxygen atoms in total. The minimum Gasteiger partial charge on any atom is -0.467 e. The highest BCUT2D eigenvalue weighted by molar-refractivity contribution is 5.94. The van der Waals surface area contributed by atoms with Gasteiger partial charge in [-0.1, -0.05) is 24.3 Å². The van der Waals surface area contributed by atoms with Crippen LogP contribution in [-0.2, 0) is 0 Å². The SMILES string of the molecule is C[C@H](NC(=O)c1cccc(Oc2ccccc2)c1)c1ccco1. The van der Waals surface area contributed by atoms with E-state index in [0.29, 0.717) is 11.3 Å². The monoisotopic (exact) mass is 307 g/mol. The molecule has 1 amide bonds. The van der Waals surface area contributed by atoms with Crippen molar-refractivity contribution in [3.05, 3.63) is 84.3 Å². The van der Waals surface area contributed by atoms with Crippen molar-refractivity contribution in [2.75, 3.05) is 0 Å². The van der Waals surface area contributed by atoms with Crippen molar-refractivity contribution in [2.45, 2.75) is 13.0 Å². The van der Waals surface area contributed by atoms with Gasteiger partial charge in [0.05, 0.1) is 12.3 Å². The van der Waals surface area contributed by atoms with Crippen molar-refractivity contribution in [1.82, 2.24) is 5.32 Å². The maximum Gasteiger partial charge on any atom is 0.251 e. The lowest BCUT2D eigenvalue weighted by atomic mass is 10.1. The normalized spacial score (nSPS) is 11.7. The number of rotatable bonds is 5. The first-order chi connectivity index (χ1) is 11.2. The second-order valence-electron chi connectivity index (χ2n) is 5.15. The van der Waals surface area contributed by atoms with Crippen LogP contribution in [0.3, 0.4) is 0 Å². The molecule has 1 N–H and O–H groups in total. The largest absolute Gasteiger partial charge is 0.467 e. The lowest BCUT2D eigenvalue weighted by Crippen LogP contribution is -2.26. The number of ether oxygens (including phenoxy) is 1. The van der Waals surface area contributed by atoms with E-state index in [1.165, 1.54) is 0 Å². The molecule has 0 aliphatic carbocycles. The van der Waals surface area contributed by atoms with Crippen LogP contribution in [0.25, 0.3) is 0 Å². The molecule has 0 unspecified atom stereocenters. The molecule has 2 aromatic carbocycles. The van der Waals surface area contributed by atoms with Crippen molar-refractivity contribution in [2.24, 2.45) is 0 Å². The average molecular weight is 307 g/mol. The number of carbonyl (C=O) groups is 1. The Labute approximate surface area is 134 Å². The molecular formula is C19H17NO3. The first kappa shape index (κ1) is 14.9. The van der Waals surface area contributed by atoms with E-state index in [4.69, 9.17) is 9.15 Å². The number of para-hydroxylation sites is 1. The number of amides is 1. The Kier molecular flexibility index (Phi) is 4.43. The summed E-state index contributed by atoms with van der Waals surface area (Å²) in [6, 6.07) is 20.0. The second-order valence-corrected chi connectivity index (χ2v) is 5.15. The zero-order valence-electron chi connectivity index (χ0n) is 12.7. The molecule has 0 saturated heterocycles. The van der Waals surface area contributed by atoms with Crippen LogP contribution in [-0.4, -0.2) is 5.91 Å². The van der Waals surface area contributed by atoms with Gasteiger partial charge in [-0.2, -0.15) is 0 Å². The molecule has 0 radical (unpaired) electrons. The third kappa shape index (κ3) is 3.80. The Morgan fingerprint density at radius 3 is 2.52 bits per heavy atom. The van der Waals surface area contributed by atoms with E-state index in [1.807, 2.05) is 49.4 Å². The number of carbonyl (C=O) groups excluding carboxylic acids is 1. The fraction of sp³-hybridized carbons (Fsp3) is 0.105. The fourth-order valence-corrected chi connectivity index (χ4v) is 2.21. The Hall–Kier alpha value is -3.01. The summed E-state index contributed by atoms with van der Waals surface area (Å²) in [7, 11) is 0. The predicted octanol–water partition coefficient (Wildman–Crippen LogP) is 4.56. The third-order valence-electron chi connectivity index (χ3n) is 3.39. The lowest BCUT2D eigenvalue weighted by Gasteiger charge is -2.12. The predicted molar refractivity (Wildman–Crippen MR) is 87.5 cm³/mol. The van der Waals surface area contributed by atoms with Crippen molar-refractivity contribution < 1.29 is 13.9 Å². The van der Waals surface area contributed by atoms with Crippen LogP contribution in [0.2, 0.25) is 0 Å². The van der Waals surface area contributed by atoms with E-state index in [1.54, 1.807) is 30.5 Å². The molecule has 3 aromatic rings. The van der Waals surface area contributed by atoms with Crippen LogP contribution >= 0.6 is 0 Å². The van der Waals surface area contributed by atoms with Gasteiger partial charge in [0.25, 0.3) is 5.91 Å². The summed E-state index contributed by atoms with van der Waals surface area (Å²) in [5, 5.41) is 2.90. The maximum atomic E-state index is 12.3. The number of hydrogen-bond acceptors (Lipinski definition) is 3. The first-order valence-corrected chi connectivity index (χ1v) is 7.39. The van der Waals surface area contributed by atoms with Crippen molar-refractivity contribution in [1.29, 1.82) is 0 Å². The smallest absolute Gasteiger partial charge is 0.251 e. The van der Waals surface area contributed by atoms with E-state index < -0.39 is 0 Å². The number of benzene rings is 2. The van der Waals surface area contributed by atoms with Gasteiger partial charge in [0.1, 0.15) is 17.3 Å². The van der Waals surface area contributed by atoms with Gasteiger partial charge in [0.2, 0.25) is 0 Å². The Morgan fingerprint density at radius 1 is 1.00 bits per heavy atom. The highest BCUT2D eigenvalue weighted by Gasteiger charge is 2.13. The Bertz CT molecular complexity index is 766. The van der Waals surface area contributed by atoms with Crippen LogP contribution in [0, 0.1) is 0 Å². The molecule has 0 bridgehead atoms. The van der Waals surface area contributed by atoms with Gasteiger partial charge < -0.3 is 14.5 Å². The molecule has 3 rings (SSSR count). The van der Waals surface area contributed by atoms with E-state index >= 15 is 0 Å². The molecule has 0 saturated carbocycles. The highest BCUT2D eigenvalue weighted by atomic mass is 16.5. The van der Waals surface area contributed by atoms with Gasteiger partial charge in [0.15, 0.2) is 0 Å². The molecule has 0 fully saturated rings. The van der Waals surface area contributed by atoms with Gasteiger partial charge in [-0.15, -0.1) is 0 Å². The molecule has 0 aliphatic heterocycles. The molecule has 1 aromatic heterocycles. The van der Waals surface area contributed by atoms with Gasteiger partial charge in [-0.05, 0) is 49.4 Å². The van der Waals surface area contributed by atoms with E-state index in [-0.39, 0.29) is 11.9 Å². The minimum absolute atomic E-state index is 0.174. The standard InChI is InChI=1S/C19H17NO3/c1-14(18-11-6-12-22-18)20-19(21)15-7-5-10-17(13-15)23-16-8-3-2-4-9-16/h2-14H,1H3,(H,20,21)/t14-/m0/s1. The van der Waals surface area contributed by atoms with Crippen LogP contribution in [0.5, 0.6) is 11.5 Å². The summed E-state index contributed by atoms with van der Waals surface area (Å²) in [5.74, 6) is 1.89. The van der Waals surface area contributed by atoms with E-state index in [9.17, 15) is 4.79 Å². The van der Waals surface area contributed by atoms with Crippen molar-refractivity contribution in [3.63, 3.8) is 0 Å². The van der Waals surface area contributed by atoms with Crippen LogP contribution < -0.4 is 10.1 Å². The van der Waals surface area contributed by atoms with Gasteiger partial charge in [-0.25, -0.2) is 0 Å². The summed E-state index contributed by atoms with van der Waals surface area (Å²) in [4.78, 5) is 12.3.